The summed E-state index contributed by atoms with van der Waals surface area (Å²) in [7, 11) is 0. The quantitative estimate of drug-likeness (QED) is 0.366. The van der Waals surface area contributed by atoms with Crippen LogP contribution >= 0.6 is 0 Å². The van der Waals surface area contributed by atoms with E-state index in [1.807, 2.05) is 55.5 Å². The Balaban J connectivity index is 1.68. The highest BCUT2D eigenvalue weighted by atomic mass is 16.5. The van der Waals surface area contributed by atoms with Gasteiger partial charge in [-0.05, 0) is 31.2 Å². The molecule has 0 aliphatic heterocycles. The molecule has 0 heterocycles. The van der Waals surface area contributed by atoms with Gasteiger partial charge >= 0.3 is 0 Å². The molecule has 26 heavy (non-hydrogen) atoms. The van der Waals surface area contributed by atoms with E-state index >= 15 is 0 Å². The second kappa shape index (κ2) is 11.5. The topological polar surface area (TPSA) is 74.8 Å². The Morgan fingerprint density at radius 1 is 0.923 bits per heavy atom. The number of carbonyl (C=O) groups is 1. The van der Waals surface area contributed by atoms with Gasteiger partial charge in [-0.2, -0.15) is 0 Å². The number of para-hydroxylation sites is 1. The number of guanidine groups is 1. The van der Waals surface area contributed by atoms with Crippen LogP contribution in [-0.4, -0.2) is 44.7 Å². The van der Waals surface area contributed by atoms with Crippen LogP contribution in [0, 0.1) is 0 Å². The lowest BCUT2D eigenvalue weighted by molar-refractivity contribution is 0.0955. The van der Waals surface area contributed by atoms with E-state index in [1.54, 1.807) is 12.1 Å². The highest BCUT2D eigenvalue weighted by molar-refractivity contribution is 5.94. The van der Waals surface area contributed by atoms with Crippen molar-refractivity contribution in [3.05, 3.63) is 66.2 Å². The van der Waals surface area contributed by atoms with Gasteiger partial charge in [-0.1, -0.05) is 36.4 Å². The lowest BCUT2D eigenvalue weighted by Crippen LogP contribution is -2.40. The normalized spacial score (nSPS) is 10.9. The molecule has 2 aromatic carbocycles. The fraction of sp³-hybridized carbons (Fsp3) is 0.300. The second-order valence-electron chi connectivity index (χ2n) is 5.47. The maximum absolute atomic E-state index is 12.0. The molecular formula is C20H26N4O2. The van der Waals surface area contributed by atoms with Crippen molar-refractivity contribution in [1.82, 2.24) is 16.0 Å². The summed E-state index contributed by atoms with van der Waals surface area (Å²) in [6, 6.07) is 18.8. The summed E-state index contributed by atoms with van der Waals surface area (Å²) < 4.78 is 5.64. The Morgan fingerprint density at radius 2 is 1.62 bits per heavy atom. The molecule has 0 saturated heterocycles. The van der Waals surface area contributed by atoms with Gasteiger partial charge in [0.1, 0.15) is 12.4 Å². The third kappa shape index (κ3) is 7.25. The number of ether oxygens (including phenoxy) is 1. The molecule has 0 radical (unpaired) electrons. The monoisotopic (exact) mass is 354 g/mol. The minimum Gasteiger partial charge on any atom is -0.492 e. The average Bonchev–Trinajstić information content (AvgIpc) is 2.69. The van der Waals surface area contributed by atoms with Crippen LogP contribution in [0.2, 0.25) is 0 Å². The number of hydrogen-bond donors (Lipinski definition) is 3. The summed E-state index contributed by atoms with van der Waals surface area (Å²) in [6.45, 7) is 4.92. The second-order valence-corrected chi connectivity index (χ2v) is 5.47. The highest BCUT2D eigenvalue weighted by Crippen LogP contribution is 2.07. The van der Waals surface area contributed by atoms with Crippen molar-refractivity contribution in [3.8, 4) is 5.75 Å². The standard InChI is InChI=1S/C20H26N4O2/c1-2-21-20(24-15-16-26-18-11-7-4-8-12-18)23-14-13-22-19(25)17-9-5-3-6-10-17/h3-12H,2,13-16H2,1H3,(H,22,25)(H2,21,23,24). The van der Waals surface area contributed by atoms with E-state index in [1.165, 1.54) is 0 Å². The molecule has 2 rings (SSSR count). The molecule has 0 aromatic heterocycles. The Bertz CT molecular complexity index is 675. The van der Waals surface area contributed by atoms with Gasteiger partial charge in [0.2, 0.25) is 0 Å². The predicted octanol–water partition coefficient (Wildman–Crippen LogP) is 2.05. The Morgan fingerprint density at radius 3 is 2.31 bits per heavy atom. The summed E-state index contributed by atoms with van der Waals surface area (Å²) in [5.41, 5.74) is 0.652. The van der Waals surface area contributed by atoms with Crippen molar-refractivity contribution in [2.75, 3.05) is 32.8 Å². The molecule has 3 N–H and O–H groups in total. The Labute approximate surface area is 154 Å². The SMILES string of the molecule is CCNC(=NCCNC(=O)c1ccccc1)NCCOc1ccccc1. The third-order valence-corrected chi connectivity index (χ3v) is 3.45. The van der Waals surface area contributed by atoms with E-state index in [2.05, 4.69) is 20.9 Å². The Kier molecular flexibility index (Phi) is 8.55. The van der Waals surface area contributed by atoms with Crippen molar-refractivity contribution in [3.63, 3.8) is 0 Å². The maximum atomic E-state index is 12.0. The fourth-order valence-electron chi connectivity index (χ4n) is 2.23. The van der Waals surface area contributed by atoms with Gasteiger partial charge in [0.05, 0.1) is 13.1 Å². The smallest absolute Gasteiger partial charge is 0.251 e. The fourth-order valence-corrected chi connectivity index (χ4v) is 2.23. The Hall–Kier alpha value is -3.02. The zero-order valence-electron chi connectivity index (χ0n) is 15.1. The van der Waals surface area contributed by atoms with E-state index < -0.39 is 0 Å². The van der Waals surface area contributed by atoms with Crippen molar-refractivity contribution in [2.24, 2.45) is 4.99 Å². The molecule has 6 heteroatoms. The summed E-state index contributed by atoms with van der Waals surface area (Å²) in [6.07, 6.45) is 0. The zero-order valence-corrected chi connectivity index (χ0v) is 15.1. The third-order valence-electron chi connectivity index (χ3n) is 3.45. The largest absolute Gasteiger partial charge is 0.492 e. The molecule has 0 unspecified atom stereocenters. The van der Waals surface area contributed by atoms with Gasteiger partial charge < -0.3 is 20.7 Å². The van der Waals surface area contributed by atoms with Crippen molar-refractivity contribution in [1.29, 1.82) is 0 Å². The van der Waals surface area contributed by atoms with Crippen LogP contribution in [0.1, 0.15) is 17.3 Å². The molecule has 138 valence electrons. The number of aliphatic imine (C=N–C) groups is 1. The number of nitrogens with one attached hydrogen (secondary N) is 3. The molecule has 0 atom stereocenters. The molecule has 0 bridgehead atoms. The lowest BCUT2D eigenvalue weighted by atomic mass is 10.2. The lowest BCUT2D eigenvalue weighted by Gasteiger charge is -2.12. The van der Waals surface area contributed by atoms with Gasteiger partial charge in [0.25, 0.3) is 5.91 Å². The molecule has 2 aromatic rings. The number of amides is 1. The van der Waals surface area contributed by atoms with Gasteiger partial charge in [-0.15, -0.1) is 0 Å². The number of nitrogens with zero attached hydrogens (tertiary/aromatic N) is 1. The van der Waals surface area contributed by atoms with Crippen LogP contribution in [-0.2, 0) is 0 Å². The van der Waals surface area contributed by atoms with E-state index in [4.69, 9.17) is 4.74 Å². The van der Waals surface area contributed by atoms with Crippen LogP contribution in [0.5, 0.6) is 5.75 Å². The van der Waals surface area contributed by atoms with Gasteiger partial charge in [0, 0.05) is 18.7 Å². The van der Waals surface area contributed by atoms with Crippen molar-refractivity contribution >= 4 is 11.9 Å². The van der Waals surface area contributed by atoms with E-state index in [0.29, 0.717) is 37.8 Å². The minimum atomic E-state index is -0.0879. The molecule has 0 fully saturated rings. The van der Waals surface area contributed by atoms with Gasteiger partial charge in [-0.3, -0.25) is 9.79 Å². The summed E-state index contributed by atoms with van der Waals surface area (Å²) >= 11 is 0. The zero-order chi connectivity index (χ0) is 18.5. The van der Waals surface area contributed by atoms with E-state index in [-0.39, 0.29) is 5.91 Å². The molecule has 1 amide bonds. The molecule has 0 spiro atoms. The number of carbonyl (C=O) groups excluding carboxylic acids is 1. The molecular weight excluding hydrogens is 328 g/mol. The first-order chi connectivity index (χ1) is 12.8. The first kappa shape index (κ1) is 19.3. The van der Waals surface area contributed by atoms with Crippen LogP contribution in [0.15, 0.2) is 65.7 Å². The molecule has 0 saturated carbocycles. The molecule has 6 nitrogen and oxygen atoms in total. The van der Waals surface area contributed by atoms with E-state index in [0.717, 1.165) is 12.3 Å². The van der Waals surface area contributed by atoms with Crippen LogP contribution in [0.25, 0.3) is 0 Å². The summed E-state index contributed by atoms with van der Waals surface area (Å²) in [5.74, 6) is 1.47. The number of benzene rings is 2. The van der Waals surface area contributed by atoms with Crippen LogP contribution in [0.4, 0.5) is 0 Å². The first-order valence-corrected chi connectivity index (χ1v) is 8.83. The van der Waals surface area contributed by atoms with Crippen LogP contribution in [0.3, 0.4) is 0 Å². The predicted molar refractivity (Wildman–Crippen MR) is 105 cm³/mol. The van der Waals surface area contributed by atoms with Crippen LogP contribution < -0.4 is 20.7 Å². The summed E-state index contributed by atoms with van der Waals surface area (Å²) in [4.78, 5) is 16.4. The van der Waals surface area contributed by atoms with E-state index in [9.17, 15) is 4.79 Å². The average molecular weight is 354 g/mol. The molecule has 0 aliphatic rings. The highest BCUT2D eigenvalue weighted by Gasteiger charge is 2.03. The number of hydrogen-bond acceptors (Lipinski definition) is 3. The van der Waals surface area contributed by atoms with Gasteiger partial charge in [0.15, 0.2) is 5.96 Å². The molecule has 0 aliphatic carbocycles. The maximum Gasteiger partial charge on any atom is 0.251 e. The number of rotatable bonds is 9. The first-order valence-electron chi connectivity index (χ1n) is 8.83. The van der Waals surface area contributed by atoms with Gasteiger partial charge in [-0.25, -0.2) is 0 Å². The minimum absolute atomic E-state index is 0.0879. The van der Waals surface area contributed by atoms with Crippen molar-refractivity contribution in [2.45, 2.75) is 6.92 Å². The summed E-state index contributed by atoms with van der Waals surface area (Å²) in [5, 5.41) is 9.24. The van der Waals surface area contributed by atoms with Crippen molar-refractivity contribution < 1.29 is 9.53 Å².